The van der Waals surface area contributed by atoms with E-state index < -0.39 is 0 Å². The lowest BCUT2D eigenvalue weighted by Crippen LogP contribution is -2.25. The third-order valence-electron chi connectivity index (χ3n) is 4.75. The van der Waals surface area contributed by atoms with Crippen LogP contribution in [0.15, 0.2) is 18.2 Å². The van der Waals surface area contributed by atoms with Crippen LogP contribution >= 0.6 is 0 Å². The summed E-state index contributed by atoms with van der Waals surface area (Å²) in [6.07, 6.45) is 4.53. The Bertz CT molecular complexity index is 516. The van der Waals surface area contributed by atoms with Gasteiger partial charge in [0.2, 0.25) is 0 Å². The summed E-state index contributed by atoms with van der Waals surface area (Å²) in [5, 5.41) is 0. The minimum absolute atomic E-state index is 0.153. The molecule has 0 radical (unpaired) electrons. The highest BCUT2D eigenvalue weighted by molar-refractivity contribution is 5.98. The number of benzene rings is 1. The first kappa shape index (κ1) is 12.7. The van der Waals surface area contributed by atoms with Crippen molar-refractivity contribution in [2.75, 3.05) is 0 Å². The van der Waals surface area contributed by atoms with Crippen LogP contribution in [0.25, 0.3) is 0 Å². The van der Waals surface area contributed by atoms with E-state index in [0.717, 1.165) is 30.6 Å². The molecular formula is C17H22O2. The number of rotatable bonds is 2. The number of ketones is 1. The summed E-state index contributed by atoms with van der Waals surface area (Å²) < 4.78 is 5.70. The smallest absolute Gasteiger partial charge is 0.166 e. The Morgan fingerprint density at radius 2 is 2.16 bits per heavy atom. The van der Waals surface area contributed by atoms with Gasteiger partial charge in [-0.2, -0.15) is 0 Å². The zero-order valence-electron chi connectivity index (χ0n) is 12.0. The molecule has 1 aromatic rings. The fourth-order valence-corrected chi connectivity index (χ4v) is 3.59. The SMILES string of the molecule is CC1Cc2cc(C(=O)C3CCCC3(C)C)ccc2O1. The molecule has 2 atom stereocenters. The first-order chi connectivity index (χ1) is 8.97. The maximum absolute atomic E-state index is 12.7. The summed E-state index contributed by atoms with van der Waals surface area (Å²) in [5.41, 5.74) is 2.21. The Morgan fingerprint density at radius 3 is 2.84 bits per heavy atom. The molecule has 1 aliphatic heterocycles. The third-order valence-corrected chi connectivity index (χ3v) is 4.75. The predicted molar refractivity (Wildman–Crippen MR) is 75.7 cm³/mol. The average Bonchev–Trinajstić information content (AvgIpc) is 2.88. The molecule has 2 heteroatoms. The molecule has 0 spiro atoms. The van der Waals surface area contributed by atoms with Crippen LogP contribution in [0.3, 0.4) is 0 Å². The zero-order valence-corrected chi connectivity index (χ0v) is 12.0. The van der Waals surface area contributed by atoms with Gasteiger partial charge in [0.25, 0.3) is 0 Å². The Balaban J connectivity index is 1.87. The van der Waals surface area contributed by atoms with Crippen molar-refractivity contribution in [2.24, 2.45) is 11.3 Å². The highest BCUT2D eigenvalue weighted by atomic mass is 16.5. The molecule has 0 saturated heterocycles. The minimum atomic E-state index is 0.153. The van der Waals surface area contributed by atoms with Gasteiger partial charge in [0.15, 0.2) is 5.78 Å². The molecule has 1 saturated carbocycles. The average molecular weight is 258 g/mol. The van der Waals surface area contributed by atoms with E-state index >= 15 is 0 Å². The third kappa shape index (κ3) is 2.18. The Hall–Kier alpha value is -1.31. The number of carbonyl (C=O) groups is 1. The van der Waals surface area contributed by atoms with Crippen LogP contribution in [0, 0.1) is 11.3 Å². The van der Waals surface area contributed by atoms with Crippen molar-refractivity contribution in [3.05, 3.63) is 29.3 Å². The van der Waals surface area contributed by atoms with Crippen molar-refractivity contribution in [3.8, 4) is 5.75 Å². The van der Waals surface area contributed by atoms with E-state index in [2.05, 4.69) is 26.8 Å². The van der Waals surface area contributed by atoms with Gasteiger partial charge >= 0.3 is 0 Å². The summed E-state index contributed by atoms with van der Waals surface area (Å²) in [5.74, 6) is 1.46. The van der Waals surface area contributed by atoms with Gasteiger partial charge in [-0.25, -0.2) is 0 Å². The van der Waals surface area contributed by atoms with Crippen molar-refractivity contribution >= 4 is 5.78 Å². The summed E-state index contributed by atoms with van der Waals surface area (Å²) in [7, 11) is 0. The second kappa shape index (κ2) is 4.36. The molecule has 102 valence electrons. The van der Waals surface area contributed by atoms with Crippen LogP contribution in [0.1, 0.15) is 56.0 Å². The second-order valence-electron chi connectivity index (χ2n) is 6.75. The predicted octanol–water partition coefficient (Wildman–Crippen LogP) is 4.02. The van der Waals surface area contributed by atoms with Crippen molar-refractivity contribution in [2.45, 2.75) is 52.6 Å². The molecule has 0 aromatic heterocycles. The van der Waals surface area contributed by atoms with Crippen molar-refractivity contribution in [1.82, 2.24) is 0 Å². The van der Waals surface area contributed by atoms with Gasteiger partial charge < -0.3 is 4.74 Å². The van der Waals surface area contributed by atoms with E-state index in [-0.39, 0.29) is 17.4 Å². The lowest BCUT2D eigenvalue weighted by atomic mass is 9.77. The van der Waals surface area contributed by atoms with Crippen molar-refractivity contribution in [1.29, 1.82) is 0 Å². The first-order valence-electron chi connectivity index (χ1n) is 7.31. The summed E-state index contributed by atoms with van der Waals surface area (Å²) in [6.45, 7) is 6.52. The molecule has 0 bridgehead atoms. The molecule has 19 heavy (non-hydrogen) atoms. The van der Waals surface area contributed by atoms with E-state index in [9.17, 15) is 4.79 Å². The quantitative estimate of drug-likeness (QED) is 0.749. The second-order valence-corrected chi connectivity index (χ2v) is 6.75. The van der Waals surface area contributed by atoms with Gasteiger partial charge in [-0.1, -0.05) is 20.3 Å². The van der Waals surface area contributed by atoms with Crippen LogP contribution in [0.4, 0.5) is 0 Å². The van der Waals surface area contributed by atoms with Gasteiger partial charge in [-0.05, 0) is 48.9 Å². The highest BCUT2D eigenvalue weighted by Gasteiger charge is 2.39. The topological polar surface area (TPSA) is 26.3 Å². The van der Waals surface area contributed by atoms with E-state index in [1.165, 1.54) is 12.0 Å². The fourth-order valence-electron chi connectivity index (χ4n) is 3.59. The van der Waals surface area contributed by atoms with Crippen LogP contribution in [0.5, 0.6) is 5.75 Å². The van der Waals surface area contributed by atoms with E-state index in [4.69, 9.17) is 4.74 Å². The van der Waals surface area contributed by atoms with Gasteiger partial charge in [0, 0.05) is 17.9 Å². The minimum Gasteiger partial charge on any atom is -0.490 e. The maximum Gasteiger partial charge on any atom is 0.166 e. The molecule has 2 unspecified atom stereocenters. The first-order valence-corrected chi connectivity index (χ1v) is 7.31. The Labute approximate surface area is 115 Å². The van der Waals surface area contributed by atoms with E-state index in [1.807, 2.05) is 12.1 Å². The number of fused-ring (bicyclic) bond motifs is 1. The Morgan fingerprint density at radius 1 is 1.37 bits per heavy atom. The molecule has 1 aliphatic carbocycles. The number of Topliss-reactive ketones (excluding diaryl/α,β-unsaturated/α-hetero) is 1. The molecule has 1 heterocycles. The number of hydrogen-bond acceptors (Lipinski definition) is 2. The molecule has 0 amide bonds. The van der Waals surface area contributed by atoms with Crippen molar-refractivity contribution in [3.63, 3.8) is 0 Å². The summed E-state index contributed by atoms with van der Waals surface area (Å²) >= 11 is 0. The Kier molecular flexibility index (Phi) is 2.92. The molecule has 0 N–H and O–H groups in total. The van der Waals surface area contributed by atoms with Crippen LogP contribution in [-0.2, 0) is 6.42 Å². The summed E-state index contributed by atoms with van der Waals surface area (Å²) in [6, 6.07) is 5.96. The number of hydrogen-bond donors (Lipinski definition) is 0. The van der Waals surface area contributed by atoms with Gasteiger partial charge in [-0.3, -0.25) is 4.79 Å². The van der Waals surface area contributed by atoms with Gasteiger partial charge in [-0.15, -0.1) is 0 Å². The molecule has 1 fully saturated rings. The number of carbonyl (C=O) groups excluding carboxylic acids is 1. The molecule has 2 nitrogen and oxygen atoms in total. The fraction of sp³-hybridized carbons (Fsp3) is 0.588. The van der Waals surface area contributed by atoms with Crippen LogP contribution < -0.4 is 4.74 Å². The normalized spacial score (nSPS) is 27.9. The highest BCUT2D eigenvalue weighted by Crippen LogP contribution is 2.44. The largest absolute Gasteiger partial charge is 0.490 e. The van der Waals surface area contributed by atoms with Crippen LogP contribution in [-0.4, -0.2) is 11.9 Å². The standard InChI is InChI=1S/C17H22O2/c1-11-9-13-10-12(6-7-15(13)19-11)16(18)14-5-4-8-17(14,2)3/h6-7,10-11,14H,4-5,8-9H2,1-3H3. The summed E-state index contributed by atoms with van der Waals surface area (Å²) in [4.78, 5) is 12.7. The van der Waals surface area contributed by atoms with Crippen molar-refractivity contribution < 1.29 is 9.53 Å². The molecular weight excluding hydrogens is 236 g/mol. The monoisotopic (exact) mass is 258 g/mol. The van der Waals surface area contributed by atoms with E-state index in [1.54, 1.807) is 0 Å². The van der Waals surface area contributed by atoms with Crippen LogP contribution in [0.2, 0.25) is 0 Å². The molecule has 2 aliphatic rings. The van der Waals surface area contributed by atoms with Gasteiger partial charge in [0.05, 0.1) is 0 Å². The molecule has 1 aromatic carbocycles. The lowest BCUT2D eigenvalue weighted by Gasteiger charge is -2.25. The lowest BCUT2D eigenvalue weighted by molar-refractivity contribution is 0.0839. The number of ether oxygens (including phenoxy) is 1. The zero-order chi connectivity index (χ0) is 13.6. The molecule has 3 rings (SSSR count). The van der Waals surface area contributed by atoms with Gasteiger partial charge in [0.1, 0.15) is 11.9 Å². The maximum atomic E-state index is 12.7. The van der Waals surface area contributed by atoms with E-state index in [0.29, 0.717) is 5.78 Å².